The van der Waals surface area contributed by atoms with Crippen molar-refractivity contribution in [2.45, 2.75) is 46.0 Å². The van der Waals surface area contributed by atoms with Gasteiger partial charge in [0.2, 0.25) is 5.91 Å². The maximum atomic E-state index is 12.0. The molecule has 0 aromatic rings. The third kappa shape index (κ3) is 6.23. The van der Waals surface area contributed by atoms with E-state index in [4.69, 9.17) is 9.47 Å². The molecule has 20 heavy (non-hydrogen) atoms. The van der Waals surface area contributed by atoms with E-state index in [1.807, 2.05) is 0 Å². The summed E-state index contributed by atoms with van der Waals surface area (Å²) < 4.78 is 10.2. The largest absolute Gasteiger partial charge is 0.382 e. The van der Waals surface area contributed by atoms with Crippen LogP contribution in [0.15, 0.2) is 0 Å². The standard InChI is InChI=1S/C16H31NO3/c1-4-13(2)14-5-7-15(8-6-14)16(18)17-9-10-20-12-11-19-3/h13-15H,4-12H2,1-3H3,(H,17,18). The molecule has 0 bridgehead atoms. The first-order chi connectivity index (χ1) is 9.69. The molecule has 0 spiro atoms. The van der Waals surface area contributed by atoms with E-state index >= 15 is 0 Å². The summed E-state index contributed by atoms with van der Waals surface area (Å²) in [7, 11) is 1.65. The lowest BCUT2D eigenvalue weighted by atomic mass is 9.75. The van der Waals surface area contributed by atoms with E-state index in [1.165, 1.54) is 19.3 Å². The quantitative estimate of drug-likeness (QED) is 0.662. The van der Waals surface area contributed by atoms with E-state index in [0.717, 1.165) is 24.7 Å². The van der Waals surface area contributed by atoms with Crippen LogP contribution in [-0.2, 0) is 14.3 Å². The third-order valence-corrected chi connectivity index (χ3v) is 4.57. The van der Waals surface area contributed by atoms with Gasteiger partial charge in [0, 0.05) is 19.6 Å². The summed E-state index contributed by atoms with van der Waals surface area (Å²) in [6.07, 6.45) is 5.76. The van der Waals surface area contributed by atoms with E-state index in [1.54, 1.807) is 7.11 Å². The molecule has 4 heteroatoms. The first-order valence-electron chi connectivity index (χ1n) is 8.03. The number of rotatable bonds is 9. The van der Waals surface area contributed by atoms with Gasteiger partial charge in [-0.3, -0.25) is 4.79 Å². The Morgan fingerprint density at radius 1 is 1.20 bits per heavy atom. The van der Waals surface area contributed by atoms with Crippen LogP contribution in [0.4, 0.5) is 0 Å². The van der Waals surface area contributed by atoms with Crippen LogP contribution in [0.25, 0.3) is 0 Å². The van der Waals surface area contributed by atoms with Crippen LogP contribution in [0.2, 0.25) is 0 Å². The minimum absolute atomic E-state index is 0.211. The number of carbonyl (C=O) groups excluding carboxylic acids is 1. The van der Waals surface area contributed by atoms with Crippen LogP contribution < -0.4 is 5.32 Å². The summed E-state index contributed by atoms with van der Waals surface area (Å²) in [5.74, 6) is 2.05. The highest BCUT2D eigenvalue weighted by atomic mass is 16.5. The Kier molecular flexibility index (Phi) is 8.86. The van der Waals surface area contributed by atoms with Crippen molar-refractivity contribution in [3.63, 3.8) is 0 Å². The molecule has 0 saturated heterocycles. The van der Waals surface area contributed by atoms with E-state index in [-0.39, 0.29) is 11.8 Å². The molecule has 1 aliphatic rings. The number of hydrogen-bond acceptors (Lipinski definition) is 3. The maximum Gasteiger partial charge on any atom is 0.223 e. The predicted molar refractivity (Wildman–Crippen MR) is 80.6 cm³/mol. The van der Waals surface area contributed by atoms with Crippen molar-refractivity contribution in [2.75, 3.05) is 33.5 Å². The Morgan fingerprint density at radius 3 is 2.50 bits per heavy atom. The second kappa shape index (κ2) is 10.2. The monoisotopic (exact) mass is 285 g/mol. The summed E-state index contributed by atoms with van der Waals surface area (Å²) in [6.45, 7) is 6.96. The van der Waals surface area contributed by atoms with Crippen molar-refractivity contribution in [2.24, 2.45) is 17.8 Å². The zero-order valence-corrected chi connectivity index (χ0v) is 13.3. The number of carbonyl (C=O) groups is 1. The van der Waals surface area contributed by atoms with Crippen LogP contribution in [0, 0.1) is 17.8 Å². The molecule has 1 atom stereocenters. The zero-order chi connectivity index (χ0) is 14.8. The molecule has 1 aliphatic carbocycles. The van der Waals surface area contributed by atoms with Crippen LogP contribution in [0.3, 0.4) is 0 Å². The highest BCUT2D eigenvalue weighted by Crippen LogP contribution is 2.34. The molecule has 0 aromatic carbocycles. The van der Waals surface area contributed by atoms with Crippen LogP contribution in [-0.4, -0.2) is 39.4 Å². The van der Waals surface area contributed by atoms with Gasteiger partial charge in [0.05, 0.1) is 19.8 Å². The molecule has 1 saturated carbocycles. The molecule has 0 radical (unpaired) electrons. The fourth-order valence-electron chi connectivity index (χ4n) is 2.92. The molecule has 1 unspecified atom stereocenters. The van der Waals surface area contributed by atoms with Crippen molar-refractivity contribution in [1.29, 1.82) is 0 Å². The van der Waals surface area contributed by atoms with Gasteiger partial charge in [-0.1, -0.05) is 20.3 Å². The Balaban J connectivity index is 2.10. The zero-order valence-electron chi connectivity index (χ0n) is 13.3. The highest BCUT2D eigenvalue weighted by Gasteiger charge is 2.28. The Hall–Kier alpha value is -0.610. The number of hydrogen-bond donors (Lipinski definition) is 1. The summed E-state index contributed by atoms with van der Waals surface area (Å²) in [6, 6.07) is 0. The smallest absolute Gasteiger partial charge is 0.223 e. The summed E-state index contributed by atoms with van der Waals surface area (Å²) >= 11 is 0. The van der Waals surface area contributed by atoms with Gasteiger partial charge >= 0.3 is 0 Å². The van der Waals surface area contributed by atoms with E-state index < -0.39 is 0 Å². The van der Waals surface area contributed by atoms with Crippen molar-refractivity contribution in [3.8, 4) is 0 Å². The van der Waals surface area contributed by atoms with Crippen molar-refractivity contribution in [3.05, 3.63) is 0 Å². The second-order valence-corrected chi connectivity index (χ2v) is 5.89. The predicted octanol–water partition coefficient (Wildman–Crippen LogP) is 2.62. The Bertz CT molecular complexity index is 262. The lowest BCUT2D eigenvalue weighted by Gasteiger charge is -2.31. The lowest BCUT2D eigenvalue weighted by Crippen LogP contribution is -2.35. The third-order valence-electron chi connectivity index (χ3n) is 4.57. The van der Waals surface area contributed by atoms with Gasteiger partial charge in [0.1, 0.15) is 0 Å². The van der Waals surface area contributed by atoms with Crippen LogP contribution in [0.1, 0.15) is 46.0 Å². The summed E-state index contributed by atoms with van der Waals surface area (Å²) in [4.78, 5) is 12.0. The number of ether oxygens (including phenoxy) is 2. The molecule has 0 aromatic heterocycles. The second-order valence-electron chi connectivity index (χ2n) is 5.89. The number of nitrogens with one attached hydrogen (secondary N) is 1. The first-order valence-corrected chi connectivity index (χ1v) is 8.03. The Morgan fingerprint density at radius 2 is 1.90 bits per heavy atom. The van der Waals surface area contributed by atoms with Gasteiger partial charge in [0.15, 0.2) is 0 Å². The van der Waals surface area contributed by atoms with Gasteiger partial charge in [-0.15, -0.1) is 0 Å². The molecule has 0 heterocycles. The summed E-state index contributed by atoms with van der Waals surface area (Å²) in [5, 5.41) is 2.98. The van der Waals surface area contributed by atoms with E-state index in [0.29, 0.717) is 26.4 Å². The molecular formula is C16H31NO3. The SMILES string of the molecule is CCC(C)C1CCC(C(=O)NCCOCCOC)CC1. The van der Waals surface area contributed by atoms with Gasteiger partial charge in [-0.2, -0.15) is 0 Å². The number of amides is 1. The van der Waals surface area contributed by atoms with Crippen LogP contribution in [0.5, 0.6) is 0 Å². The topological polar surface area (TPSA) is 47.6 Å². The van der Waals surface area contributed by atoms with E-state index in [2.05, 4.69) is 19.2 Å². The molecule has 1 fully saturated rings. The number of methoxy groups -OCH3 is 1. The summed E-state index contributed by atoms with van der Waals surface area (Å²) in [5.41, 5.74) is 0. The van der Waals surface area contributed by atoms with Gasteiger partial charge < -0.3 is 14.8 Å². The highest BCUT2D eigenvalue weighted by molar-refractivity contribution is 5.78. The van der Waals surface area contributed by atoms with Gasteiger partial charge in [-0.05, 0) is 37.5 Å². The average Bonchev–Trinajstić information content (AvgIpc) is 2.50. The molecule has 1 N–H and O–H groups in total. The fraction of sp³-hybridized carbons (Fsp3) is 0.938. The van der Waals surface area contributed by atoms with Crippen molar-refractivity contribution >= 4 is 5.91 Å². The molecule has 118 valence electrons. The minimum Gasteiger partial charge on any atom is -0.382 e. The molecular weight excluding hydrogens is 254 g/mol. The molecule has 4 nitrogen and oxygen atoms in total. The van der Waals surface area contributed by atoms with Gasteiger partial charge in [-0.25, -0.2) is 0 Å². The molecule has 1 rings (SSSR count). The Labute approximate surface area is 123 Å². The minimum atomic E-state index is 0.211. The molecule has 1 amide bonds. The van der Waals surface area contributed by atoms with E-state index in [9.17, 15) is 4.79 Å². The normalized spacial score (nSPS) is 24.4. The first kappa shape index (κ1) is 17.4. The fourth-order valence-corrected chi connectivity index (χ4v) is 2.92. The lowest BCUT2D eigenvalue weighted by molar-refractivity contribution is -0.126. The average molecular weight is 285 g/mol. The maximum absolute atomic E-state index is 12.0. The van der Waals surface area contributed by atoms with Crippen molar-refractivity contribution in [1.82, 2.24) is 5.32 Å². The van der Waals surface area contributed by atoms with Gasteiger partial charge in [0.25, 0.3) is 0 Å². The molecule has 0 aliphatic heterocycles. The van der Waals surface area contributed by atoms with Crippen molar-refractivity contribution < 1.29 is 14.3 Å². The van der Waals surface area contributed by atoms with Crippen LogP contribution >= 0.6 is 0 Å².